The van der Waals surface area contributed by atoms with Crippen LogP contribution in [-0.2, 0) is 11.0 Å². The predicted octanol–water partition coefficient (Wildman–Crippen LogP) is 2.04. The molecule has 0 unspecified atom stereocenters. The SMILES string of the molecule is N#Cc1ccc(OCC(=O)O)c(C(F)(F)F)c1. The van der Waals surface area contributed by atoms with E-state index in [0.717, 1.165) is 12.1 Å². The summed E-state index contributed by atoms with van der Waals surface area (Å²) >= 11 is 0. The summed E-state index contributed by atoms with van der Waals surface area (Å²) in [5.74, 6) is -2.00. The summed E-state index contributed by atoms with van der Waals surface area (Å²) in [7, 11) is 0. The number of nitriles is 1. The normalized spacial score (nSPS) is 10.7. The molecule has 0 spiro atoms. The van der Waals surface area contributed by atoms with Gasteiger partial charge in [0.05, 0.1) is 17.2 Å². The van der Waals surface area contributed by atoms with E-state index in [4.69, 9.17) is 10.4 Å². The van der Waals surface area contributed by atoms with Crippen LogP contribution in [0.15, 0.2) is 18.2 Å². The first-order chi connectivity index (χ1) is 7.84. The van der Waals surface area contributed by atoms with Crippen molar-refractivity contribution in [1.82, 2.24) is 0 Å². The van der Waals surface area contributed by atoms with Crippen LogP contribution in [-0.4, -0.2) is 17.7 Å². The largest absolute Gasteiger partial charge is 0.481 e. The summed E-state index contributed by atoms with van der Waals surface area (Å²) in [6.07, 6.45) is -4.71. The third kappa shape index (κ3) is 3.38. The van der Waals surface area contributed by atoms with E-state index < -0.39 is 30.1 Å². The van der Waals surface area contributed by atoms with Crippen molar-refractivity contribution in [2.24, 2.45) is 0 Å². The third-order valence-corrected chi connectivity index (χ3v) is 1.77. The molecule has 7 heteroatoms. The molecule has 90 valence electrons. The first kappa shape index (κ1) is 12.8. The van der Waals surface area contributed by atoms with Gasteiger partial charge in [-0.1, -0.05) is 0 Å². The molecule has 0 aromatic heterocycles. The lowest BCUT2D eigenvalue weighted by Gasteiger charge is -2.12. The average Bonchev–Trinajstić information content (AvgIpc) is 2.24. The second-order valence-electron chi connectivity index (χ2n) is 3.00. The van der Waals surface area contributed by atoms with Gasteiger partial charge < -0.3 is 9.84 Å². The van der Waals surface area contributed by atoms with Gasteiger partial charge >= 0.3 is 12.1 Å². The van der Waals surface area contributed by atoms with Gasteiger partial charge in [-0.2, -0.15) is 18.4 Å². The maximum Gasteiger partial charge on any atom is 0.420 e. The van der Waals surface area contributed by atoms with Gasteiger partial charge in [-0.15, -0.1) is 0 Å². The van der Waals surface area contributed by atoms with Crippen molar-refractivity contribution in [3.63, 3.8) is 0 Å². The molecule has 17 heavy (non-hydrogen) atoms. The predicted molar refractivity (Wildman–Crippen MR) is 49.3 cm³/mol. The van der Waals surface area contributed by atoms with Crippen LogP contribution in [0.3, 0.4) is 0 Å². The minimum atomic E-state index is -4.71. The summed E-state index contributed by atoms with van der Waals surface area (Å²) in [5.41, 5.74) is -1.35. The van der Waals surface area contributed by atoms with Crippen LogP contribution in [0.1, 0.15) is 11.1 Å². The highest BCUT2D eigenvalue weighted by molar-refractivity contribution is 5.68. The fourth-order valence-corrected chi connectivity index (χ4v) is 1.09. The lowest BCUT2D eigenvalue weighted by atomic mass is 10.1. The highest BCUT2D eigenvalue weighted by Gasteiger charge is 2.34. The van der Waals surface area contributed by atoms with Crippen molar-refractivity contribution >= 4 is 5.97 Å². The van der Waals surface area contributed by atoms with E-state index in [9.17, 15) is 18.0 Å². The van der Waals surface area contributed by atoms with Gasteiger partial charge in [-0.3, -0.25) is 0 Å². The zero-order valence-corrected chi connectivity index (χ0v) is 8.28. The molecule has 1 aromatic carbocycles. The van der Waals surface area contributed by atoms with Crippen LogP contribution < -0.4 is 4.74 Å². The Balaban J connectivity index is 3.12. The van der Waals surface area contributed by atoms with Crippen molar-refractivity contribution in [3.05, 3.63) is 29.3 Å². The van der Waals surface area contributed by atoms with Gasteiger partial charge in [0.2, 0.25) is 0 Å². The van der Waals surface area contributed by atoms with E-state index in [0.29, 0.717) is 6.07 Å². The van der Waals surface area contributed by atoms with E-state index in [1.165, 1.54) is 0 Å². The zero-order chi connectivity index (χ0) is 13.1. The molecule has 0 aliphatic rings. The first-order valence-electron chi connectivity index (χ1n) is 4.30. The Morgan fingerprint density at radius 2 is 2.12 bits per heavy atom. The minimum absolute atomic E-state index is 0.181. The Hall–Kier alpha value is -2.23. The van der Waals surface area contributed by atoms with E-state index in [1.807, 2.05) is 0 Å². The second-order valence-corrected chi connectivity index (χ2v) is 3.00. The van der Waals surface area contributed by atoms with E-state index in [2.05, 4.69) is 4.74 Å². The van der Waals surface area contributed by atoms with Crippen LogP contribution >= 0.6 is 0 Å². The Bertz CT molecular complexity index is 477. The van der Waals surface area contributed by atoms with Crippen LogP contribution in [0.2, 0.25) is 0 Å². The Labute approximate surface area is 93.8 Å². The first-order valence-corrected chi connectivity index (χ1v) is 4.30. The molecular formula is C10H6F3NO3. The number of benzene rings is 1. The van der Waals surface area contributed by atoms with Crippen molar-refractivity contribution < 1.29 is 27.8 Å². The number of halogens is 3. The number of rotatable bonds is 3. The van der Waals surface area contributed by atoms with E-state index in [-0.39, 0.29) is 5.56 Å². The van der Waals surface area contributed by atoms with Crippen LogP contribution in [0.4, 0.5) is 13.2 Å². The molecule has 0 bridgehead atoms. The van der Waals surface area contributed by atoms with Crippen LogP contribution in [0.25, 0.3) is 0 Å². The number of hydrogen-bond acceptors (Lipinski definition) is 3. The summed E-state index contributed by atoms with van der Waals surface area (Å²) in [6.45, 7) is -0.880. The minimum Gasteiger partial charge on any atom is -0.481 e. The molecule has 1 N–H and O–H groups in total. The van der Waals surface area contributed by atoms with E-state index >= 15 is 0 Å². The summed E-state index contributed by atoms with van der Waals surface area (Å²) in [6, 6.07) is 4.21. The molecule has 1 rings (SSSR count). The number of ether oxygens (including phenoxy) is 1. The Morgan fingerprint density at radius 3 is 2.59 bits per heavy atom. The standard InChI is InChI=1S/C10H6F3NO3/c11-10(12,13)7-3-6(4-14)1-2-8(7)17-5-9(15)16/h1-3H,5H2,(H,15,16). The number of hydrogen-bond donors (Lipinski definition) is 1. The number of carboxylic acid groups (broad SMARTS) is 1. The molecule has 0 radical (unpaired) electrons. The van der Waals surface area contributed by atoms with Gasteiger partial charge in [-0.25, -0.2) is 4.79 Å². The molecule has 0 saturated heterocycles. The van der Waals surface area contributed by atoms with Gasteiger partial charge in [-0.05, 0) is 18.2 Å². The maximum absolute atomic E-state index is 12.6. The van der Waals surface area contributed by atoms with Gasteiger partial charge in [0.25, 0.3) is 0 Å². The van der Waals surface area contributed by atoms with E-state index in [1.54, 1.807) is 6.07 Å². The topological polar surface area (TPSA) is 70.3 Å². The molecule has 0 aliphatic heterocycles. The monoisotopic (exact) mass is 245 g/mol. The quantitative estimate of drug-likeness (QED) is 0.884. The number of carbonyl (C=O) groups is 1. The molecule has 0 fully saturated rings. The van der Waals surface area contributed by atoms with Crippen LogP contribution in [0.5, 0.6) is 5.75 Å². The number of aliphatic carboxylic acids is 1. The maximum atomic E-state index is 12.6. The second kappa shape index (κ2) is 4.74. The fraction of sp³-hybridized carbons (Fsp3) is 0.200. The van der Waals surface area contributed by atoms with Crippen molar-refractivity contribution in [2.45, 2.75) is 6.18 Å². The van der Waals surface area contributed by atoms with Crippen molar-refractivity contribution in [2.75, 3.05) is 6.61 Å². The summed E-state index contributed by atoms with van der Waals surface area (Å²) in [4.78, 5) is 10.2. The lowest BCUT2D eigenvalue weighted by Crippen LogP contribution is -2.14. The molecule has 0 heterocycles. The summed E-state index contributed by atoms with van der Waals surface area (Å²) in [5, 5.41) is 16.8. The molecule has 4 nitrogen and oxygen atoms in total. The molecule has 0 atom stereocenters. The van der Waals surface area contributed by atoms with Crippen molar-refractivity contribution in [3.8, 4) is 11.8 Å². The molecule has 0 aliphatic carbocycles. The molecule has 0 amide bonds. The number of nitrogens with zero attached hydrogens (tertiary/aromatic N) is 1. The average molecular weight is 245 g/mol. The fourth-order valence-electron chi connectivity index (χ4n) is 1.09. The van der Waals surface area contributed by atoms with Gasteiger partial charge in [0.1, 0.15) is 5.75 Å². The van der Waals surface area contributed by atoms with Crippen molar-refractivity contribution in [1.29, 1.82) is 5.26 Å². The third-order valence-electron chi connectivity index (χ3n) is 1.77. The molecule has 1 aromatic rings. The van der Waals surface area contributed by atoms with Gasteiger partial charge in [0, 0.05) is 0 Å². The highest BCUT2D eigenvalue weighted by Crippen LogP contribution is 2.36. The molecular weight excluding hydrogens is 239 g/mol. The van der Waals surface area contributed by atoms with Gasteiger partial charge in [0.15, 0.2) is 6.61 Å². The zero-order valence-electron chi connectivity index (χ0n) is 8.28. The molecule has 0 saturated carbocycles. The Morgan fingerprint density at radius 1 is 1.47 bits per heavy atom. The van der Waals surface area contributed by atoms with Crippen LogP contribution in [0, 0.1) is 11.3 Å². The lowest BCUT2D eigenvalue weighted by molar-refractivity contribution is -0.143. The number of alkyl halides is 3. The Kier molecular flexibility index (Phi) is 3.58. The summed E-state index contributed by atoms with van der Waals surface area (Å²) < 4.78 is 42.2. The smallest absolute Gasteiger partial charge is 0.420 e. The highest BCUT2D eigenvalue weighted by atomic mass is 19.4. The number of carboxylic acids is 1.